The fourth-order valence-corrected chi connectivity index (χ4v) is 4.14. The summed E-state index contributed by atoms with van der Waals surface area (Å²) in [6.45, 7) is 4.42. The highest BCUT2D eigenvalue weighted by molar-refractivity contribution is 6.51. The van der Waals surface area contributed by atoms with Gasteiger partial charge in [0.25, 0.3) is 11.7 Å². The van der Waals surface area contributed by atoms with Crippen LogP contribution in [0, 0.1) is 6.92 Å². The Labute approximate surface area is 197 Å². The lowest BCUT2D eigenvalue weighted by atomic mass is 9.95. The Balaban J connectivity index is 1.85. The number of carbonyl (C=O) groups is 2. The lowest BCUT2D eigenvalue weighted by Gasteiger charge is -2.26. The largest absolute Gasteiger partial charge is 0.507 e. The average Bonchev–Trinajstić information content (AvgIpc) is 3.08. The normalized spacial score (nSPS) is 17.4. The number of benzene rings is 2. The first-order valence-corrected chi connectivity index (χ1v) is 11.0. The first-order chi connectivity index (χ1) is 15.9. The number of aryl methyl sites for hydroxylation is 1. The molecule has 1 aliphatic heterocycles. The predicted octanol–water partition coefficient (Wildman–Crippen LogP) is 5.46. The molecule has 168 valence electrons. The molecular formula is C26H23ClN2O4. The Morgan fingerprint density at radius 2 is 1.79 bits per heavy atom. The van der Waals surface area contributed by atoms with Crippen LogP contribution in [0.2, 0.25) is 5.02 Å². The van der Waals surface area contributed by atoms with Crippen molar-refractivity contribution < 1.29 is 19.4 Å². The monoisotopic (exact) mass is 462 g/mol. The number of Topliss-reactive ketones (excluding diaryl/α,β-unsaturated/α-hetero) is 1. The van der Waals surface area contributed by atoms with Crippen LogP contribution in [0.1, 0.15) is 36.1 Å². The summed E-state index contributed by atoms with van der Waals surface area (Å²) in [7, 11) is 0. The second-order valence-electron chi connectivity index (χ2n) is 7.75. The summed E-state index contributed by atoms with van der Waals surface area (Å²) in [6, 6.07) is 14.5. The highest BCUT2D eigenvalue weighted by Gasteiger charge is 2.47. The Morgan fingerprint density at radius 1 is 1.09 bits per heavy atom. The van der Waals surface area contributed by atoms with Crippen LogP contribution in [0.5, 0.6) is 5.75 Å². The van der Waals surface area contributed by atoms with Gasteiger partial charge in [-0.05, 0) is 79.1 Å². The van der Waals surface area contributed by atoms with E-state index >= 15 is 0 Å². The van der Waals surface area contributed by atoms with Crippen LogP contribution in [0.15, 0.2) is 72.6 Å². The molecule has 1 aliphatic rings. The van der Waals surface area contributed by atoms with Gasteiger partial charge in [-0.25, -0.2) is 0 Å². The Bertz CT molecular complexity index is 1220. The van der Waals surface area contributed by atoms with E-state index in [1.54, 1.807) is 67.0 Å². The number of ether oxygens (including phenoxy) is 1. The number of ketones is 1. The van der Waals surface area contributed by atoms with Crippen LogP contribution in [-0.4, -0.2) is 28.4 Å². The van der Waals surface area contributed by atoms with Crippen LogP contribution in [0.25, 0.3) is 5.76 Å². The zero-order valence-electron chi connectivity index (χ0n) is 18.3. The third-order valence-electron chi connectivity index (χ3n) is 5.49. The van der Waals surface area contributed by atoms with E-state index in [-0.39, 0.29) is 11.3 Å². The maximum atomic E-state index is 13.2. The van der Waals surface area contributed by atoms with Gasteiger partial charge in [-0.3, -0.25) is 19.5 Å². The Kier molecular flexibility index (Phi) is 6.47. The summed E-state index contributed by atoms with van der Waals surface area (Å²) < 4.78 is 5.60. The number of anilines is 1. The van der Waals surface area contributed by atoms with Gasteiger partial charge < -0.3 is 9.84 Å². The lowest BCUT2D eigenvalue weighted by molar-refractivity contribution is -0.132. The molecule has 1 saturated heterocycles. The summed E-state index contributed by atoms with van der Waals surface area (Å²) in [5.74, 6) is -1.05. The third kappa shape index (κ3) is 4.34. The molecule has 1 fully saturated rings. The molecule has 4 rings (SSSR count). The second kappa shape index (κ2) is 9.46. The zero-order chi connectivity index (χ0) is 23.5. The first-order valence-electron chi connectivity index (χ1n) is 10.6. The van der Waals surface area contributed by atoms with Crippen molar-refractivity contribution in [1.82, 2.24) is 4.98 Å². The van der Waals surface area contributed by atoms with Gasteiger partial charge in [-0.15, -0.1) is 0 Å². The van der Waals surface area contributed by atoms with Crippen LogP contribution < -0.4 is 9.64 Å². The minimum absolute atomic E-state index is 0.0165. The van der Waals surface area contributed by atoms with Gasteiger partial charge in [0.05, 0.1) is 18.2 Å². The molecular weight excluding hydrogens is 440 g/mol. The van der Waals surface area contributed by atoms with Crippen molar-refractivity contribution in [3.8, 4) is 5.75 Å². The van der Waals surface area contributed by atoms with E-state index in [9.17, 15) is 14.7 Å². The van der Waals surface area contributed by atoms with Gasteiger partial charge in [-0.2, -0.15) is 0 Å². The van der Waals surface area contributed by atoms with Crippen molar-refractivity contribution in [2.45, 2.75) is 26.3 Å². The van der Waals surface area contributed by atoms with Gasteiger partial charge in [0.15, 0.2) is 0 Å². The number of hydrogen-bond acceptors (Lipinski definition) is 5. The maximum Gasteiger partial charge on any atom is 0.300 e. The average molecular weight is 463 g/mol. The topological polar surface area (TPSA) is 79.7 Å². The molecule has 7 heteroatoms. The minimum atomic E-state index is -0.816. The smallest absolute Gasteiger partial charge is 0.300 e. The summed E-state index contributed by atoms with van der Waals surface area (Å²) in [4.78, 5) is 31.9. The molecule has 1 amide bonds. The molecule has 0 aliphatic carbocycles. The molecule has 33 heavy (non-hydrogen) atoms. The van der Waals surface area contributed by atoms with E-state index in [1.165, 1.54) is 4.90 Å². The van der Waals surface area contributed by atoms with Crippen molar-refractivity contribution in [1.29, 1.82) is 0 Å². The molecule has 1 aromatic heterocycles. The molecule has 1 N–H and O–H groups in total. The van der Waals surface area contributed by atoms with E-state index in [1.807, 2.05) is 13.8 Å². The highest BCUT2D eigenvalue weighted by atomic mass is 35.5. The molecule has 2 heterocycles. The number of amides is 1. The van der Waals surface area contributed by atoms with E-state index in [2.05, 4.69) is 4.98 Å². The zero-order valence-corrected chi connectivity index (χ0v) is 19.0. The van der Waals surface area contributed by atoms with Crippen molar-refractivity contribution in [2.75, 3.05) is 11.5 Å². The molecule has 0 radical (unpaired) electrons. The van der Waals surface area contributed by atoms with Crippen molar-refractivity contribution in [3.63, 3.8) is 0 Å². The molecule has 1 atom stereocenters. The van der Waals surface area contributed by atoms with E-state index in [0.717, 1.165) is 12.0 Å². The predicted molar refractivity (Wildman–Crippen MR) is 127 cm³/mol. The quantitative estimate of drug-likeness (QED) is 0.299. The molecule has 2 aromatic carbocycles. The van der Waals surface area contributed by atoms with Crippen LogP contribution >= 0.6 is 11.6 Å². The van der Waals surface area contributed by atoms with Crippen molar-refractivity contribution in [2.24, 2.45) is 0 Å². The number of hydrogen-bond donors (Lipinski definition) is 1. The Morgan fingerprint density at radius 3 is 2.42 bits per heavy atom. The number of rotatable bonds is 6. The van der Waals surface area contributed by atoms with Gasteiger partial charge in [0.2, 0.25) is 0 Å². The third-order valence-corrected chi connectivity index (χ3v) is 5.72. The summed E-state index contributed by atoms with van der Waals surface area (Å²) >= 11 is 6.11. The molecule has 0 spiro atoms. The maximum absolute atomic E-state index is 13.2. The van der Waals surface area contributed by atoms with Crippen LogP contribution in [0.3, 0.4) is 0 Å². The minimum Gasteiger partial charge on any atom is -0.507 e. The second-order valence-corrected chi connectivity index (χ2v) is 8.19. The summed E-state index contributed by atoms with van der Waals surface area (Å²) in [5.41, 5.74) is 2.38. The number of aromatic nitrogens is 1. The molecule has 0 saturated carbocycles. The lowest BCUT2D eigenvalue weighted by Crippen LogP contribution is -2.30. The van der Waals surface area contributed by atoms with Gasteiger partial charge in [0, 0.05) is 28.7 Å². The fraction of sp³-hybridized carbons (Fsp3) is 0.192. The van der Waals surface area contributed by atoms with Crippen LogP contribution in [-0.2, 0) is 9.59 Å². The number of carbonyl (C=O) groups excluding carboxylic acids is 2. The SMILES string of the molecule is CCCOc1ccc(/C(O)=C2\C(=O)C(=O)N(c3ccc(Cl)cc3C)C2c2ccncc2)cc1. The van der Waals surface area contributed by atoms with E-state index in [4.69, 9.17) is 16.3 Å². The van der Waals surface area contributed by atoms with Gasteiger partial charge >= 0.3 is 0 Å². The molecule has 0 bridgehead atoms. The molecule has 6 nitrogen and oxygen atoms in total. The highest BCUT2D eigenvalue weighted by Crippen LogP contribution is 2.43. The van der Waals surface area contributed by atoms with E-state index in [0.29, 0.717) is 34.2 Å². The fourth-order valence-electron chi connectivity index (χ4n) is 3.92. The van der Waals surface area contributed by atoms with Gasteiger partial charge in [-0.1, -0.05) is 18.5 Å². The molecule has 1 unspecified atom stereocenters. The standard InChI is InChI=1S/C26H23ClN2O4/c1-3-14-33-20-7-4-18(5-8-20)24(30)22-23(17-10-12-28-13-11-17)29(26(32)25(22)31)21-9-6-19(27)15-16(21)2/h4-13,15,23,30H,3,14H2,1-2H3/b24-22+. The van der Waals surface area contributed by atoms with Crippen molar-refractivity contribution >= 4 is 34.7 Å². The number of nitrogens with zero attached hydrogens (tertiary/aromatic N) is 2. The number of aliphatic hydroxyl groups is 1. The number of halogens is 1. The Hall–Kier alpha value is -3.64. The van der Waals surface area contributed by atoms with E-state index < -0.39 is 17.7 Å². The van der Waals surface area contributed by atoms with Crippen LogP contribution in [0.4, 0.5) is 5.69 Å². The molecule has 3 aromatic rings. The summed E-state index contributed by atoms with van der Waals surface area (Å²) in [5, 5.41) is 11.7. The first kappa shape index (κ1) is 22.6. The van der Waals surface area contributed by atoms with Gasteiger partial charge in [0.1, 0.15) is 11.5 Å². The van der Waals surface area contributed by atoms with Crippen molar-refractivity contribution in [3.05, 3.63) is 94.3 Å². The number of pyridine rings is 1. The number of aliphatic hydroxyl groups excluding tert-OH is 1. The summed E-state index contributed by atoms with van der Waals surface area (Å²) in [6.07, 6.45) is 4.05.